The molecule has 3 rings (SSSR count). The third-order valence-electron chi connectivity index (χ3n) is 4.18. The Morgan fingerprint density at radius 3 is 2.83 bits per heavy atom. The van der Waals surface area contributed by atoms with Crippen molar-refractivity contribution in [3.05, 3.63) is 41.5 Å². The minimum atomic E-state index is 0.0287. The van der Waals surface area contributed by atoms with Crippen LogP contribution in [-0.4, -0.2) is 47.1 Å². The number of hydrogen-bond acceptors (Lipinski definition) is 6. The van der Waals surface area contributed by atoms with Gasteiger partial charge in [-0.2, -0.15) is 4.98 Å². The molecule has 1 aliphatic rings. The first-order valence-corrected chi connectivity index (χ1v) is 8.19. The summed E-state index contributed by atoms with van der Waals surface area (Å²) in [5.74, 6) is 1.81. The normalized spacial score (nSPS) is 17.0. The lowest BCUT2D eigenvalue weighted by Gasteiger charge is -2.23. The monoisotopic (exact) mass is 330 g/mol. The van der Waals surface area contributed by atoms with Gasteiger partial charge in [-0.25, -0.2) is 0 Å². The van der Waals surface area contributed by atoms with E-state index in [0.717, 1.165) is 19.5 Å². The zero-order valence-electron chi connectivity index (χ0n) is 14.0. The summed E-state index contributed by atoms with van der Waals surface area (Å²) < 4.78 is 10.7. The molecule has 1 aromatic heterocycles. The van der Waals surface area contributed by atoms with Crippen LogP contribution in [0.2, 0.25) is 0 Å². The first-order valence-electron chi connectivity index (χ1n) is 8.19. The molecule has 7 nitrogen and oxygen atoms in total. The number of nitrogens with zero attached hydrogens (tertiary/aromatic N) is 3. The van der Waals surface area contributed by atoms with Crippen LogP contribution in [0.5, 0.6) is 5.75 Å². The molecule has 2 aromatic rings. The molecule has 0 bridgehead atoms. The average molecular weight is 330 g/mol. The fraction of sp³-hybridized carbons (Fsp3) is 0.471. The largest absolute Gasteiger partial charge is 0.485 e. The third-order valence-corrected chi connectivity index (χ3v) is 4.18. The van der Waals surface area contributed by atoms with Crippen molar-refractivity contribution in [2.45, 2.75) is 32.4 Å². The molecule has 1 unspecified atom stereocenters. The SMILES string of the molecule is CCc1nc(COc2ccc(C(=O)N(C)C3CCNC3)cc2)no1. The quantitative estimate of drug-likeness (QED) is 0.867. The predicted molar refractivity (Wildman–Crippen MR) is 87.8 cm³/mol. The van der Waals surface area contributed by atoms with Gasteiger partial charge in [-0.05, 0) is 37.2 Å². The molecule has 0 saturated carbocycles. The van der Waals surface area contributed by atoms with Crippen LogP contribution in [0.15, 0.2) is 28.8 Å². The van der Waals surface area contributed by atoms with Crippen molar-refractivity contribution in [3.63, 3.8) is 0 Å². The number of likely N-dealkylation sites (N-methyl/N-ethyl adjacent to an activating group) is 1. The number of ether oxygens (including phenoxy) is 1. The lowest BCUT2D eigenvalue weighted by Crippen LogP contribution is -2.38. The highest BCUT2D eigenvalue weighted by Gasteiger charge is 2.23. The van der Waals surface area contributed by atoms with E-state index >= 15 is 0 Å². The summed E-state index contributed by atoms with van der Waals surface area (Å²) in [5.41, 5.74) is 0.657. The number of carbonyl (C=O) groups excluding carboxylic acids is 1. The maximum atomic E-state index is 12.5. The second-order valence-electron chi connectivity index (χ2n) is 5.83. The van der Waals surface area contributed by atoms with Crippen LogP contribution in [-0.2, 0) is 13.0 Å². The summed E-state index contributed by atoms with van der Waals surface area (Å²) in [6.07, 6.45) is 1.70. The molecule has 1 fully saturated rings. The summed E-state index contributed by atoms with van der Waals surface area (Å²) in [6, 6.07) is 7.40. The molecule has 1 aromatic carbocycles. The lowest BCUT2D eigenvalue weighted by atomic mass is 10.1. The summed E-state index contributed by atoms with van der Waals surface area (Å²) in [7, 11) is 1.85. The van der Waals surface area contributed by atoms with Crippen molar-refractivity contribution in [1.82, 2.24) is 20.4 Å². The maximum Gasteiger partial charge on any atom is 0.253 e. The molecule has 1 atom stereocenters. The number of aromatic nitrogens is 2. The molecule has 2 heterocycles. The maximum absolute atomic E-state index is 12.5. The van der Waals surface area contributed by atoms with Crippen LogP contribution in [0, 0.1) is 0 Å². The number of aryl methyl sites for hydroxylation is 1. The van der Waals surface area contributed by atoms with Gasteiger partial charge < -0.3 is 19.5 Å². The highest BCUT2D eigenvalue weighted by molar-refractivity contribution is 5.94. The van der Waals surface area contributed by atoms with Crippen LogP contribution in [0.4, 0.5) is 0 Å². The smallest absolute Gasteiger partial charge is 0.253 e. The number of benzene rings is 1. The molecule has 24 heavy (non-hydrogen) atoms. The van der Waals surface area contributed by atoms with Gasteiger partial charge >= 0.3 is 0 Å². The number of rotatable bonds is 6. The Labute approximate surface area is 141 Å². The number of nitrogens with one attached hydrogen (secondary N) is 1. The number of carbonyl (C=O) groups is 1. The van der Waals surface area contributed by atoms with Gasteiger partial charge in [-0.3, -0.25) is 4.79 Å². The zero-order chi connectivity index (χ0) is 16.9. The van der Waals surface area contributed by atoms with Crippen LogP contribution in [0.1, 0.15) is 35.4 Å². The van der Waals surface area contributed by atoms with E-state index in [1.54, 1.807) is 29.2 Å². The predicted octanol–water partition coefficient (Wildman–Crippen LogP) is 1.64. The zero-order valence-corrected chi connectivity index (χ0v) is 14.0. The molecule has 1 saturated heterocycles. The van der Waals surface area contributed by atoms with Crippen molar-refractivity contribution in [3.8, 4) is 5.75 Å². The Morgan fingerprint density at radius 2 is 2.21 bits per heavy atom. The second kappa shape index (κ2) is 7.44. The molecule has 7 heteroatoms. The van der Waals surface area contributed by atoms with Crippen LogP contribution in [0.3, 0.4) is 0 Å². The van der Waals surface area contributed by atoms with Crippen molar-refractivity contribution in [2.24, 2.45) is 0 Å². The van der Waals surface area contributed by atoms with Gasteiger partial charge in [0, 0.05) is 31.6 Å². The van der Waals surface area contributed by atoms with Crippen LogP contribution >= 0.6 is 0 Å². The van der Waals surface area contributed by atoms with E-state index in [2.05, 4.69) is 15.5 Å². The molecule has 0 aliphatic carbocycles. The van der Waals surface area contributed by atoms with E-state index < -0.39 is 0 Å². The molecule has 0 spiro atoms. The second-order valence-corrected chi connectivity index (χ2v) is 5.83. The Kier molecular flexibility index (Phi) is 5.10. The highest BCUT2D eigenvalue weighted by Crippen LogP contribution is 2.16. The molecular weight excluding hydrogens is 308 g/mol. The van der Waals surface area contributed by atoms with E-state index in [9.17, 15) is 4.79 Å². The average Bonchev–Trinajstić information content (AvgIpc) is 3.30. The van der Waals surface area contributed by atoms with Crippen molar-refractivity contribution in [2.75, 3.05) is 20.1 Å². The minimum absolute atomic E-state index is 0.0287. The van der Waals surface area contributed by atoms with Gasteiger partial charge in [0.1, 0.15) is 5.75 Å². The lowest BCUT2D eigenvalue weighted by molar-refractivity contribution is 0.0743. The third kappa shape index (κ3) is 3.73. The van der Waals surface area contributed by atoms with Gasteiger partial charge in [0.25, 0.3) is 5.91 Å². The summed E-state index contributed by atoms with van der Waals surface area (Å²) >= 11 is 0. The summed E-state index contributed by atoms with van der Waals surface area (Å²) in [6.45, 7) is 4.01. The fourth-order valence-electron chi connectivity index (χ4n) is 2.67. The summed E-state index contributed by atoms with van der Waals surface area (Å²) in [5, 5.41) is 7.11. The number of hydrogen-bond donors (Lipinski definition) is 1. The first-order chi connectivity index (χ1) is 11.7. The van der Waals surface area contributed by atoms with Gasteiger partial charge in [-0.15, -0.1) is 0 Å². The van der Waals surface area contributed by atoms with Gasteiger partial charge in [0.2, 0.25) is 11.7 Å². The topological polar surface area (TPSA) is 80.5 Å². The Balaban J connectivity index is 1.57. The molecular formula is C17H22N4O3. The van der Waals surface area contributed by atoms with E-state index in [-0.39, 0.29) is 18.6 Å². The van der Waals surface area contributed by atoms with Gasteiger partial charge in [0.15, 0.2) is 6.61 Å². The molecule has 1 amide bonds. The molecule has 1 N–H and O–H groups in total. The minimum Gasteiger partial charge on any atom is -0.485 e. The van der Waals surface area contributed by atoms with Gasteiger partial charge in [0.05, 0.1) is 0 Å². The summed E-state index contributed by atoms with van der Waals surface area (Å²) in [4.78, 5) is 18.5. The van der Waals surface area contributed by atoms with Crippen molar-refractivity contribution < 1.29 is 14.1 Å². The molecule has 128 valence electrons. The Morgan fingerprint density at radius 1 is 1.42 bits per heavy atom. The Bertz CT molecular complexity index is 677. The first kappa shape index (κ1) is 16.4. The molecule has 0 radical (unpaired) electrons. The van der Waals surface area contributed by atoms with Crippen molar-refractivity contribution >= 4 is 5.91 Å². The van der Waals surface area contributed by atoms with Gasteiger partial charge in [-0.1, -0.05) is 12.1 Å². The molecule has 1 aliphatic heterocycles. The van der Waals surface area contributed by atoms with Crippen LogP contribution in [0.25, 0.3) is 0 Å². The standard InChI is InChI=1S/C17H22N4O3/c1-3-16-19-15(20-24-16)11-23-14-6-4-12(5-7-14)17(22)21(2)13-8-9-18-10-13/h4-7,13,18H,3,8-11H2,1-2H3. The number of amides is 1. The fourth-order valence-corrected chi connectivity index (χ4v) is 2.67. The van der Waals surface area contributed by atoms with E-state index in [4.69, 9.17) is 9.26 Å². The highest BCUT2D eigenvalue weighted by atomic mass is 16.5. The van der Waals surface area contributed by atoms with Crippen LogP contribution < -0.4 is 10.1 Å². The van der Waals surface area contributed by atoms with Crippen molar-refractivity contribution in [1.29, 1.82) is 0 Å². The van der Waals surface area contributed by atoms with E-state index in [1.165, 1.54) is 0 Å². The van der Waals surface area contributed by atoms with E-state index in [1.807, 2.05) is 14.0 Å². The Hall–Kier alpha value is -2.41. The van der Waals surface area contributed by atoms with E-state index in [0.29, 0.717) is 29.4 Å².